The summed E-state index contributed by atoms with van der Waals surface area (Å²) in [6, 6.07) is 9.98. The summed E-state index contributed by atoms with van der Waals surface area (Å²) in [6.07, 6.45) is 4.35. The molecule has 1 heterocycles. The fourth-order valence-corrected chi connectivity index (χ4v) is 2.99. The molecule has 3 rings (SSSR count). The van der Waals surface area contributed by atoms with Gasteiger partial charge in [-0.1, -0.05) is 31.0 Å². The molecule has 106 valence electrons. The highest BCUT2D eigenvalue weighted by Crippen LogP contribution is 2.29. The lowest BCUT2D eigenvalue weighted by atomic mass is 10.0. The molecule has 0 spiro atoms. The topological polar surface area (TPSA) is 42.4 Å². The molecule has 0 amide bonds. The van der Waals surface area contributed by atoms with Crippen LogP contribution in [0.2, 0.25) is 0 Å². The molecule has 3 nitrogen and oxygen atoms in total. The number of aryl methyl sites for hydroxylation is 1. The van der Waals surface area contributed by atoms with Crippen molar-refractivity contribution in [2.45, 2.75) is 38.7 Å². The van der Waals surface area contributed by atoms with Crippen molar-refractivity contribution in [1.82, 2.24) is 4.98 Å². The average Bonchev–Trinajstić information content (AvgIpc) is 2.99. The third kappa shape index (κ3) is 2.78. The number of fused-ring (bicyclic) bond motifs is 1. The third-order valence-electron chi connectivity index (χ3n) is 4.18. The molecule has 0 radical (unpaired) electrons. The molecule has 2 aromatic rings. The van der Waals surface area contributed by atoms with Crippen LogP contribution in [0.1, 0.15) is 31.4 Å². The van der Waals surface area contributed by atoms with Gasteiger partial charge in [-0.05, 0) is 37.8 Å². The van der Waals surface area contributed by atoms with Gasteiger partial charge in [0.05, 0.1) is 6.10 Å². The molecule has 0 saturated heterocycles. The number of hydrogen-bond acceptors (Lipinski definition) is 3. The minimum Gasteiger partial charge on any atom is -0.489 e. The third-order valence-corrected chi connectivity index (χ3v) is 4.18. The van der Waals surface area contributed by atoms with Gasteiger partial charge in [0, 0.05) is 11.1 Å². The van der Waals surface area contributed by atoms with Crippen molar-refractivity contribution in [3.05, 3.63) is 36.0 Å². The van der Waals surface area contributed by atoms with E-state index in [0.717, 1.165) is 35.2 Å². The number of ether oxygens (including phenoxy) is 1. The highest BCUT2D eigenvalue weighted by molar-refractivity contribution is 5.84. The Morgan fingerprint density at radius 2 is 2.05 bits per heavy atom. The first-order valence-electron chi connectivity index (χ1n) is 7.41. The highest BCUT2D eigenvalue weighted by Gasteiger charge is 2.23. The average molecular weight is 271 g/mol. The smallest absolute Gasteiger partial charge is 0.145 e. The zero-order valence-corrected chi connectivity index (χ0v) is 11.9. The van der Waals surface area contributed by atoms with Crippen LogP contribution >= 0.6 is 0 Å². The van der Waals surface area contributed by atoms with Crippen LogP contribution < -0.4 is 4.74 Å². The molecule has 1 saturated carbocycles. The maximum absolute atomic E-state index is 10.2. The normalized spacial score (nSPS) is 17.5. The van der Waals surface area contributed by atoms with E-state index in [1.54, 1.807) is 0 Å². The maximum atomic E-state index is 10.2. The van der Waals surface area contributed by atoms with Gasteiger partial charge in [-0.2, -0.15) is 0 Å². The zero-order chi connectivity index (χ0) is 13.9. The second kappa shape index (κ2) is 5.80. The van der Waals surface area contributed by atoms with Crippen LogP contribution in [0.15, 0.2) is 30.3 Å². The van der Waals surface area contributed by atoms with Crippen molar-refractivity contribution >= 4 is 10.9 Å². The van der Waals surface area contributed by atoms with Crippen molar-refractivity contribution in [3.8, 4) is 5.75 Å². The minimum atomic E-state index is -0.363. The molecule has 1 atom stereocenters. The van der Waals surface area contributed by atoms with Crippen LogP contribution in [0.5, 0.6) is 5.75 Å². The molecule has 20 heavy (non-hydrogen) atoms. The quantitative estimate of drug-likeness (QED) is 0.925. The molecule has 3 heteroatoms. The SMILES string of the molecule is Cc1ccc2cccc(OCC(O)C3CCCC3)c2n1. The van der Waals surface area contributed by atoms with Crippen molar-refractivity contribution in [1.29, 1.82) is 0 Å². The largest absolute Gasteiger partial charge is 0.489 e. The zero-order valence-electron chi connectivity index (χ0n) is 11.9. The van der Waals surface area contributed by atoms with Gasteiger partial charge in [0.15, 0.2) is 0 Å². The monoisotopic (exact) mass is 271 g/mol. The fraction of sp³-hybridized carbons (Fsp3) is 0.471. The van der Waals surface area contributed by atoms with Gasteiger partial charge in [-0.25, -0.2) is 4.98 Å². The second-order valence-corrected chi connectivity index (χ2v) is 5.70. The Hall–Kier alpha value is -1.61. The molecule has 1 aliphatic rings. The predicted molar refractivity (Wildman–Crippen MR) is 79.9 cm³/mol. The lowest BCUT2D eigenvalue weighted by molar-refractivity contribution is 0.0598. The second-order valence-electron chi connectivity index (χ2n) is 5.70. The number of rotatable bonds is 4. The predicted octanol–water partition coefficient (Wildman–Crippen LogP) is 3.47. The summed E-state index contributed by atoms with van der Waals surface area (Å²) in [6.45, 7) is 2.34. The molecular formula is C17H21NO2. The molecular weight excluding hydrogens is 250 g/mol. The number of aliphatic hydroxyl groups excluding tert-OH is 1. The van der Waals surface area contributed by atoms with E-state index in [0.29, 0.717) is 12.5 Å². The Labute approximate surface area is 119 Å². The van der Waals surface area contributed by atoms with Crippen LogP contribution in [-0.4, -0.2) is 22.8 Å². The van der Waals surface area contributed by atoms with Gasteiger partial charge in [0.25, 0.3) is 0 Å². The fourth-order valence-electron chi connectivity index (χ4n) is 2.99. The molecule has 0 bridgehead atoms. The lowest BCUT2D eigenvalue weighted by Crippen LogP contribution is -2.25. The Kier molecular flexibility index (Phi) is 3.88. The summed E-state index contributed by atoms with van der Waals surface area (Å²) in [5, 5.41) is 11.3. The summed E-state index contributed by atoms with van der Waals surface area (Å²) >= 11 is 0. The first-order chi connectivity index (χ1) is 9.74. The minimum absolute atomic E-state index is 0.361. The first kappa shape index (κ1) is 13.4. The van der Waals surface area contributed by atoms with Gasteiger partial charge in [0.1, 0.15) is 17.9 Å². The highest BCUT2D eigenvalue weighted by atomic mass is 16.5. The molecule has 1 aromatic heterocycles. The summed E-state index contributed by atoms with van der Waals surface area (Å²) in [5.74, 6) is 1.17. The molecule has 1 aromatic carbocycles. The van der Waals surface area contributed by atoms with Gasteiger partial charge in [-0.3, -0.25) is 0 Å². The van der Waals surface area contributed by atoms with E-state index in [4.69, 9.17) is 4.74 Å². The van der Waals surface area contributed by atoms with E-state index in [2.05, 4.69) is 11.1 Å². The number of hydrogen-bond donors (Lipinski definition) is 1. The lowest BCUT2D eigenvalue weighted by Gasteiger charge is -2.18. The van der Waals surface area contributed by atoms with Crippen LogP contribution in [0.4, 0.5) is 0 Å². The molecule has 1 unspecified atom stereocenters. The molecule has 1 fully saturated rings. The summed E-state index contributed by atoms with van der Waals surface area (Å²) in [5.41, 5.74) is 1.86. The summed E-state index contributed by atoms with van der Waals surface area (Å²) < 4.78 is 5.84. The van der Waals surface area contributed by atoms with Gasteiger partial charge >= 0.3 is 0 Å². The number of nitrogens with zero attached hydrogens (tertiary/aromatic N) is 1. The number of benzene rings is 1. The van der Waals surface area contributed by atoms with E-state index in [9.17, 15) is 5.11 Å². The van der Waals surface area contributed by atoms with Crippen LogP contribution in [0.3, 0.4) is 0 Å². The van der Waals surface area contributed by atoms with Crippen LogP contribution in [0.25, 0.3) is 10.9 Å². The summed E-state index contributed by atoms with van der Waals surface area (Å²) in [7, 11) is 0. The number of aromatic nitrogens is 1. The Bertz CT molecular complexity index is 591. The van der Waals surface area contributed by atoms with Gasteiger partial charge < -0.3 is 9.84 Å². The molecule has 1 N–H and O–H groups in total. The van der Waals surface area contributed by atoms with Crippen molar-refractivity contribution < 1.29 is 9.84 Å². The Morgan fingerprint density at radius 3 is 2.85 bits per heavy atom. The first-order valence-corrected chi connectivity index (χ1v) is 7.41. The Morgan fingerprint density at radius 1 is 1.25 bits per heavy atom. The van der Waals surface area contributed by atoms with Crippen molar-refractivity contribution in [2.75, 3.05) is 6.61 Å². The Balaban J connectivity index is 1.75. The number of para-hydroxylation sites is 1. The van der Waals surface area contributed by atoms with E-state index < -0.39 is 0 Å². The van der Waals surface area contributed by atoms with Gasteiger partial charge in [-0.15, -0.1) is 0 Å². The van der Waals surface area contributed by atoms with E-state index in [-0.39, 0.29) is 6.10 Å². The standard InChI is InChI=1S/C17H21NO2/c1-12-9-10-14-7-4-8-16(17(14)18-12)20-11-15(19)13-5-2-3-6-13/h4,7-10,13,15,19H,2-3,5-6,11H2,1H3. The van der Waals surface area contributed by atoms with Gasteiger partial charge in [0.2, 0.25) is 0 Å². The molecule has 1 aliphatic carbocycles. The molecule has 0 aliphatic heterocycles. The summed E-state index contributed by atoms with van der Waals surface area (Å²) in [4.78, 5) is 4.54. The number of pyridine rings is 1. The van der Waals surface area contributed by atoms with Crippen molar-refractivity contribution in [2.24, 2.45) is 5.92 Å². The number of aliphatic hydroxyl groups is 1. The van der Waals surface area contributed by atoms with Crippen LogP contribution in [-0.2, 0) is 0 Å². The van der Waals surface area contributed by atoms with Crippen molar-refractivity contribution in [3.63, 3.8) is 0 Å². The maximum Gasteiger partial charge on any atom is 0.145 e. The van der Waals surface area contributed by atoms with E-state index in [1.165, 1.54) is 12.8 Å². The van der Waals surface area contributed by atoms with Crippen LogP contribution in [0, 0.1) is 12.8 Å². The van der Waals surface area contributed by atoms with E-state index >= 15 is 0 Å². The van der Waals surface area contributed by atoms with E-state index in [1.807, 2.05) is 31.2 Å².